The first kappa shape index (κ1) is 24.0. The minimum Gasteiger partial charge on any atom is -0.496 e. The summed E-state index contributed by atoms with van der Waals surface area (Å²) < 4.78 is 29.3. The van der Waals surface area contributed by atoms with Crippen LogP contribution < -0.4 is 19.5 Å². The van der Waals surface area contributed by atoms with Crippen LogP contribution >= 0.6 is 0 Å². The molecule has 0 radical (unpaired) electrons. The van der Waals surface area contributed by atoms with E-state index in [0.717, 1.165) is 0 Å². The molecule has 2 aromatic carbocycles. The molecule has 0 bridgehead atoms. The standard InChI is InChI=1S/C23H29FN2O5/c1-15(2)25-23(28)16(3)26(13-17-6-8-18(24)9-7-17)22(27)14-31-21-11-19(29-4)10-20(12-21)30-5/h6-12,15-16H,13-14H2,1-5H3,(H,25,28)/t16-/m0/s1. The monoisotopic (exact) mass is 432 g/mol. The number of hydrogen-bond donors (Lipinski definition) is 1. The molecule has 0 spiro atoms. The number of hydrogen-bond acceptors (Lipinski definition) is 5. The Hall–Kier alpha value is -3.29. The minimum absolute atomic E-state index is 0.0711. The molecule has 2 amide bonds. The van der Waals surface area contributed by atoms with Crippen molar-refractivity contribution in [3.63, 3.8) is 0 Å². The second-order valence-corrected chi connectivity index (χ2v) is 7.32. The number of methoxy groups -OCH3 is 2. The highest BCUT2D eigenvalue weighted by Crippen LogP contribution is 2.27. The van der Waals surface area contributed by atoms with Gasteiger partial charge in [-0.2, -0.15) is 0 Å². The number of nitrogens with one attached hydrogen (secondary N) is 1. The van der Waals surface area contributed by atoms with E-state index in [2.05, 4.69) is 5.32 Å². The molecule has 31 heavy (non-hydrogen) atoms. The van der Waals surface area contributed by atoms with Crippen molar-refractivity contribution in [1.82, 2.24) is 10.2 Å². The number of carbonyl (C=O) groups excluding carboxylic acids is 2. The first-order valence-electron chi connectivity index (χ1n) is 9.93. The van der Waals surface area contributed by atoms with Crippen molar-refractivity contribution in [2.75, 3.05) is 20.8 Å². The van der Waals surface area contributed by atoms with Crippen LogP contribution in [0.4, 0.5) is 4.39 Å². The summed E-state index contributed by atoms with van der Waals surface area (Å²) >= 11 is 0. The summed E-state index contributed by atoms with van der Waals surface area (Å²) in [6.07, 6.45) is 0. The molecule has 0 aliphatic heterocycles. The molecule has 7 nitrogen and oxygen atoms in total. The summed E-state index contributed by atoms with van der Waals surface area (Å²) in [7, 11) is 3.03. The summed E-state index contributed by atoms with van der Waals surface area (Å²) in [6.45, 7) is 5.17. The Morgan fingerprint density at radius 2 is 1.52 bits per heavy atom. The molecule has 0 heterocycles. The van der Waals surface area contributed by atoms with E-state index in [0.29, 0.717) is 22.8 Å². The van der Waals surface area contributed by atoms with Gasteiger partial charge in [0, 0.05) is 30.8 Å². The fourth-order valence-electron chi connectivity index (χ4n) is 2.87. The van der Waals surface area contributed by atoms with Gasteiger partial charge in [-0.1, -0.05) is 12.1 Å². The molecular formula is C23H29FN2O5. The van der Waals surface area contributed by atoms with E-state index >= 15 is 0 Å². The highest BCUT2D eigenvalue weighted by atomic mass is 19.1. The third-order valence-corrected chi connectivity index (χ3v) is 4.55. The fraction of sp³-hybridized carbons (Fsp3) is 0.391. The number of nitrogens with zero attached hydrogens (tertiary/aromatic N) is 1. The van der Waals surface area contributed by atoms with E-state index in [9.17, 15) is 14.0 Å². The Morgan fingerprint density at radius 3 is 2.03 bits per heavy atom. The molecule has 0 aliphatic rings. The number of ether oxygens (including phenoxy) is 3. The fourth-order valence-corrected chi connectivity index (χ4v) is 2.87. The van der Waals surface area contributed by atoms with Crippen LogP contribution in [-0.4, -0.2) is 49.6 Å². The minimum atomic E-state index is -0.747. The summed E-state index contributed by atoms with van der Waals surface area (Å²) in [5, 5.41) is 2.81. The van der Waals surface area contributed by atoms with Crippen molar-refractivity contribution in [3.05, 3.63) is 53.8 Å². The lowest BCUT2D eigenvalue weighted by molar-refractivity contribution is -0.142. The van der Waals surface area contributed by atoms with Gasteiger partial charge in [-0.05, 0) is 38.5 Å². The highest BCUT2D eigenvalue weighted by Gasteiger charge is 2.27. The molecular weight excluding hydrogens is 403 g/mol. The molecule has 1 atom stereocenters. The Kier molecular flexibility index (Phi) is 8.66. The molecule has 2 aromatic rings. The Bertz CT molecular complexity index is 864. The van der Waals surface area contributed by atoms with Crippen LogP contribution in [0.1, 0.15) is 26.3 Å². The molecule has 0 aliphatic carbocycles. The van der Waals surface area contributed by atoms with E-state index in [-0.39, 0.29) is 30.9 Å². The van der Waals surface area contributed by atoms with Crippen molar-refractivity contribution in [2.45, 2.75) is 39.4 Å². The zero-order valence-electron chi connectivity index (χ0n) is 18.5. The number of amides is 2. The average Bonchev–Trinajstić information content (AvgIpc) is 2.75. The second-order valence-electron chi connectivity index (χ2n) is 7.32. The largest absolute Gasteiger partial charge is 0.496 e. The van der Waals surface area contributed by atoms with Gasteiger partial charge in [0.2, 0.25) is 5.91 Å². The van der Waals surface area contributed by atoms with Crippen molar-refractivity contribution in [1.29, 1.82) is 0 Å². The van der Waals surface area contributed by atoms with Crippen molar-refractivity contribution < 1.29 is 28.2 Å². The highest BCUT2D eigenvalue weighted by molar-refractivity contribution is 5.88. The first-order chi connectivity index (χ1) is 14.7. The van der Waals surface area contributed by atoms with Crippen LogP contribution in [-0.2, 0) is 16.1 Å². The zero-order chi connectivity index (χ0) is 23.0. The molecule has 2 rings (SSSR count). The molecule has 8 heteroatoms. The first-order valence-corrected chi connectivity index (χ1v) is 9.93. The van der Waals surface area contributed by atoms with Crippen LogP contribution in [0.2, 0.25) is 0 Å². The third kappa shape index (κ3) is 7.16. The predicted molar refractivity (Wildman–Crippen MR) is 115 cm³/mol. The van der Waals surface area contributed by atoms with Gasteiger partial charge in [-0.15, -0.1) is 0 Å². The number of halogens is 1. The quantitative estimate of drug-likeness (QED) is 0.624. The van der Waals surface area contributed by atoms with Crippen molar-refractivity contribution in [2.24, 2.45) is 0 Å². The molecule has 1 N–H and O–H groups in total. The van der Waals surface area contributed by atoms with E-state index in [1.54, 1.807) is 37.3 Å². The van der Waals surface area contributed by atoms with Gasteiger partial charge in [-0.25, -0.2) is 4.39 Å². The van der Waals surface area contributed by atoms with Crippen molar-refractivity contribution >= 4 is 11.8 Å². The van der Waals surface area contributed by atoms with Gasteiger partial charge in [0.25, 0.3) is 5.91 Å². The maximum absolute atomic E-state index is 13.3. The maximum atomic E-state index is 13.3. The van der Waals surface area contributed by atoms with Crippen LogP contribution in [0.3, 0.4) is 0 Å². The van der Waals surface area contributed by atoms with Gasteiger partial charge in [-0.3, -0.25) is 9.59 Å². The Morgan fingerprint density at radius 1 is 0.968 bits per heavy atom. The maximum Gasteiger partial charge on any atom is 0.261 e. The van der Waals surface area contributed by atoms with E-state index in [1.165, 1.54) is 31.3 Å². The summed E-state index contributed by atoms with van der Waals surface area (Å²) in [6, 6.07) is 9.93. The molecule has 168 valence electrons. The molecule has 0 unspecified atom stereocenters. The number of rotatable bonds is 10. The Labute approximate surface area is 182 Å². The molecule has 0 saturated heterocycles. The SMILES string of the molecule is COc1cc(OC)cc(OCC(=O)N(Cc2ccc(F)cc2)[C@@H](C)C(=O)NC(C)C)c1. The zero-order valence-corrected chi connectivity index (χ0v) is 18.5. The average molecular weight is 432 g/mol. The van der Waals surface area contributed by atoms with Crippen LogP contribution in [0.15, 0.2) is 42.5 Å². The molecule has 0 fully saturated rings. The van der Waals surface area contributed by atoms with Gasteiger partial charge < -0.3 is 24.4 Å². The van der Waals surface area contributed by atoms with Gasteiger partial charge in [0.1, 0.15) is 29.1 Å². The van der Waals surface area contributed by atoms with Gasteiger partial charge >= 0.3 is 0 Å². The normalized spacial score (nSPS) is 11.6. The molecule has 0 aromatic heterocycles. The van der Waals surface area contributed by atoms with Crippen LogP contribution in [0, 0.1) is 5.82 Å². The lowest BCUT2D eigenvalue weighted by Gasteiger charge is -2.29. The number of benzene rings is 2. The summed E-state index contributed by atoms with van der Waals surface area (Å²) in [5.41, 5.74) is 0.696. The van der Waals surface area contributed by atoms with Gasteiger partial charge in [0.15, 0.2) is 6.61 Å². The summed E-state index contributed by atoms with van der Waals surface area (Å²) in [5.74, 6) is 0.392. The second kappa shape index (κ2) is 11.2. The van der Waals surface area contributed by atoms with E-state index < -0.39 is 11.9 Å². The van der Waals surface area contributed by atoms with E-state index in [1.807, 2.05) is 13.8 Å². The third-order valence-electron chi connectivity index (χ3n) is 4.55. The predicted octanol–water partition coefficient (Wildman–Crippen LogP) is 3.16. The summed E-state index contributed by atoms with van der Waals surface area (Å²) in [4.78, 5) is 27.0. The molecule has 0 saturated carbocycles. The lowest BCUT2D eigenvalue weighted by Crippen LogP contribution is -2.50. The smallest absolute Gasteiger partial charge is 0.261 e. The van der Waals surface area contributed by atoms with Crippen LogP contribution in [0.5, 0.6) is 17.2 Å². The number of carbonyl (C=O) groups is 2. The van der Waals surface area contributed by atoms with Crippen molar-refractivity contribution in [3.8, 4) is 17.2 Å². The van der Waals surface area contributed by atoms with Gasteiger partial charge in [0.05, 0.1) is 14.2 Å². The van der Waals surface area contributed by atoms with E-state index in [4.69, 9.17) is 14.2 Å². The lowest BCUT2D eigenvalue weighted by atomic mass is 10.1. The van der Waals surface area contributed by atoms with Crippen LogP contribution in [0.25, 0.3) is 0 Å². The topological polar surface area (TPSA) is 77.1 Å². The Balaban J connectivity index is 2.18.